The summed E-state index contributed by atoms with van der Waals surface area (Å²) < 4.78 is 5.67. The van der Waals surface area contributed by atoms with Gasteiger partial charge < -0.3 is 10.1 Å². The van der Waals surface area contributed by atoms with Gasteiger partial charge in [-0.1, -0.05) is 51.7 Å². The van der Waals surface area contributed by atoms with Gasteiger partial charge in [0.2, 0.25) is 5.91 Å². The van der Waals surface area contributed by atoms with E-state index >= 15 is 0 Å². The summed E-state index contributed by atoms with van der Waals surface area (Å²) in [4.78, 5) is 11.6. The minimum absolute atomic E-state index is 0.137. The zero-order chi connectivity index (χ0) is 16.0. The van der Waals surface area contributed by atoms with E-state index in [-0.39, 0.29) is 5.91 Å². The van der Waals surface area contributed by atoms with E-state index in [0.29, 0.717) is 13.0 Å². The standard InChI is InChI=1S/C19H31NO2/c1-3-5-6-7-15-20-19(21)10-8-16-22-18-13-11-17(9-4-2)12-14-18/h11-14H,3-10,15-16H2,1-2H3,(H,20,21). The van der Waals surface area contributed by atoms with Crippen molar-refractivity contribution in [3.63, 3.8) is 0 Å². The summed E-state index contributed by atoms with van der Waals surface area (Å²) in [5.74, 6) is 1.03. The van der Waals surface area contributed by atoms with Crippen molar-refractivity contribution in [1.82, 2.24) is 5.32 Å². The van der Waals surface area contributed by atoms with Gasteiger partial charge in [0, 0.05) is 13.0 Å². The van der Waals surface area contributed by atoms with Crippen LogP contribution >= 0.6 is 0 Å². The lowest BCUT2D eigenvalue weighted by molar-refractivity contribution is -0.121. The lowest BCUT2D eigenvalue weighted by atomic mass is 10.1. The van der Waals surface area contributed by atoms with Crippen LogP contribution in [0.4, 0.5) is 0 Å². The van der Waals surface area contributed by atoms with Crippen LogP contribution in [0.5, 0.6) is 5.75 Å². The molecular formula is C19H31NO2. The highest BCUT2D eigenvalue weighted by Gasteiger charge is 2.01. The first kappa shape index (κ1) is 18.5. The van der Waals surface area contributed by atoms with Crippen molar-refractivity contribution in [2.75, 3.05) is 13.2 Å². The molecule has 22 heavy (non-hydrogen) atoms. The molecule has 0 heterocycles. The Morgan fingerprint density at radius 3 is 2.45 bits per heavy atom. The van der Waals surface area contributed by atoms with Gasteiger partial charge in [0.25, 0.3) is 0 Å². The van der Waals surface area contributed by atoms with Crippen molar-refractivity contribution < 1.29 is 9.53 Å². The Morgan fingerprint density at radius 1 is 1.00 bits per heavy atom. The molecule has 0 bridgehead atoms. The first-order valence-electron chi connectivity index (χ1n) is 8.74. The van der Waals surface area contributed by atoms with Crippen LogP contribution in [-0.2, 0) is 11.2 Å². The number of benzene rings is 1. The third kappa shape index (κ3) is 8.71. The number of ether oxygens (including phenoxy) is 1. The Balaban J connectivity index is 2.05. The maximum atomic E-state index is 11.6. The highest BCUT2D eigenvalue weighted by Crippen LogP contribution is 2.13. The van der Waals surface area contributed by atoms with E-state index in [4.69, 9.17) is 4.74 Å². The molecule has 0 spiro atoms. The second-order valence-corrected chi connectivity index (χ2v) is 5.76. The summed E-state index contributed by atoms with van der Waals surface area (Å²) in [7, 11) is 0. The normalized spacial score (nSPS) is 10.5. The van der Waals surface area contributed by atoms with Crippen LogP contribution in [0.15, 0.2) is 24.3 Å². The largest absolute Gasteiger partial charge is 0.494 e. The summed E-state index contributed by atoms with van der Waals surface area (Å²) in [5.41, 5.74) is 1.34. The van der Waals surface area contributed by atoms with Crippen LogP contribution in [0.25, 0.3) is 0 Å². The second kappa shape index (κ2) is 12.1. The predicted molar refractivity (Wildman–Crippen MR) is 92.3 cm³/mol. The fraction of sp³-hybridized carbons (Fsp3) is 0.632. The van der Waals surface area contributed by atoms with Gasteiger partial charge in [-0.2, -0.15) is 0 Å². The first-order chi connectivity index (χ1) is 10.8. The zero-order valence-electron chi connectivity index (χ0n) is 14.2. The topological polar surface area (TPSA) is 38.3 Å². The number of hydrogen-bond acceptors (Lipinski definition) is 2. The number of carbonyl (C=O) groups excluding carboxylic acids is 1. The molecule has 1 amide bonds. The van der Waals surface area contributed by atoms with Crippen molar-refractivity contribution in [2.24, 2.45) is 0 Å². The molecule has 1 aromatic rings. The monoisotopic (exact) mass is 305 g/mol. The van der Waals surface area contributed by atoms with E-state index in [0.717, 1.165) is 38.0 Å². The highest BCUT2D eigenvalue weighted by molar-refractivity contribution is 5.75. The number of carbonyl (C=O) groups is 1. The molecule has 1 aromatic carbocycles. The number of nitrogens with one attached hydrogen (secondary N) is 1. The van der Waals surface area contributed by atoms with E-state index in [2.05, 4.69) is 31.3 Å². The molecule has 0 saturated carbocycles. The van der Waals surface area contributed by atoms with Crippen LogP contribution in [0, 0.1) is 0 Å². The van der Waals surface area contributed by atoms with Crippen LogP contribution in [0.1, 0.15) is 64.4 Å². The maximum absolute atomic E-state index is 11.6. The lowest BCUT2D eigenvalue weighted by Gasteiger charge is -2.08. The zero-order valence-corrected chi connectivity index (χ0v) is 14.2. The molecule has 0 atom stereocenters. The van der Waals surface area contributed by atoms with Crippen LogP contribution < -0.4 is 10.1 Å². The number of hydrogen-bond donors (Lipinski definition) is 1. The first-order valence-corrected chi connectivity index (χ1v) is 8.74. The molecule has 3 heteroatoms. The summed E-state index contributed by atoms with van der Waals surface area (Å²) in [6.07, 6.45) is 8.34. The molecule has 0 aliphatic carbocycles. The smallest absolute Gasteiger partial charge is 0.220 e. The molecule has 124 valence electrons. The molecule has 0 unspecified atom stereocenters. The molecule has 0 aliphatic heterocycles. The number of unbranched alkanes of at least 4 members (excludes halogenated alkanes) is 3. The van der Waals surface area contributed by atoms with E-state index < -0.39 is 0 Å². The van der Waals surface area contributed by atoms with Crippen LogP contribution in [0.3, 0.4) is 0 Å². The average Bonchev–Trinajstić information content (AvgIpc) is 2.53. The Bertz CT molecular complexity index is 400. The van der Waals surface area contributed by atoms with Gasteiger partial charge in [-0.05, 0) is 37.0 Å². The van der Waals surface area contributed by atoms with Crippen LogP contribution in [0.2, 0.25) is 0 Å². The molecule has 0 aliphatic rings. The van der Waals surface area contributed by atoms with Gasteiger partial charge in [0.05, 0.1) is 6.61 Å². The third-order valence-electron chi connectivity index (χ3n) is 3.63. The van der Waals surface area contributed by atoms with E-state index in [1.807, 2.05) is 12.1 Å². The summed E-state index contributed by atoms with van der Waals surface area (Å²) >= 11 is 0. The van der Waals surface area contributed by atoms with E-state index in [9.17, 15) is 4.79 Å². The van der Waals surface area contributed by atoms with Gasteiger partial charge in [0.1, 0.15) is 5.75 Å². The predicted octanol–water partition coefficient (Wildman–Crippen LogP) is 4.49. The third-order valence-corrected chi connectivity index (χ3v) is 3.63. The van der Waals surface area contributed by atoms with Gasteiger partial charge in [-0.3, -0.25) is 4.79 Å². The SMILES string of the molecule is CCCCCCNC(=O)CCCOc1ccc(CCC)cc1. The Labute approximate surface area is 135 Å². The lowest BCUT2D eigenvalue weighted by Crippen LogP contribution is -2.24. The fourth-order valence-corrected chi connectivity index (χ4v) is 2.33. The quantitative estimate of drug-likeness (QED) is 0.578. The molecule has 0 aromatic heterocycles. The highest BCUT2D eigenvalue weighted by atomic mass is 16.5. The van der Waals surface area contributed by atoms with Crippen molar-refractivity contribution in [1.29, 1.82) is 0 Å². The summed E-state index contributed by atoms with van der Waals surface area (Å²) in [6.45, 7) is 5.77. The second-order valence-electron chi connectivity index (χ2n) is 5.76. The molecule has 1 rings (SSSR count). The molecular weight excluding hydrogens is 274 g/mol. The average molecular weight is 305 g/mol. The fourth-order valence-electron chi connectivity index (χ4n) is 2.33. The maximum Gasteiger partial charge on any atom is 0.220 e. The van der Waals surface area contributed by atoms with Gasteiger partial charge >= 0.3 is 0 Å². The van der Waals surface area contributed by atoms with E-state index in [1.165, 1.54) is 24.8 Å². The molecule has 0 fully saturated rings. The number of aryl methyl sites for hydroxylation is 1. The Kier molecular flexibility index (Phi) is 10.2. The van der Waals surface area contributed by atoms with Crippen molar-refractivity contribution in [2.45, 2.75) is 65.2 Å². The molecule has 0 radical (unpaired) electrons. The minimum atomic E-state index is 0.137. The molecule has 1 N–H and O–H groups in total. The van der Waals surface area contributed by atoms with E-state index in [1.54, 1.807) is 0 Å². The Hall–Kier alpha value is -1.51. The summed E-state index contributed by atoms with van der Waals surface area (Å²) in [5, 5.41) is 2.97. The molecule has 3 nitrogen and oxygen atoms in total. The summed E-state index contributed by atoms with van der Waals surface area (Å²) in [6, 6.07) is 8.25. The van der Waals surface area contributed by atoms with Gasteiger partial charge in [0.15, 0.2) is 0 Å². The van der Waals surface area contributed by atoms with Crippen molar-refractivity contribution in [3.05, 3.63) is 29.8 Å². The van der Waals surface area contributed by atoms with Gasteiger partial charge in [-0.25, -0.2) is 0 Å². The minimum Gasteiger partial charge on any atom is -0.494 e. The Morgan fingerprint density at radius 2 is 1.77 bits per heavy atom. The number of amides is 1. The molecule has 0 saturated heterocycles. The van der Waals surface area contributed by atoms with Crippen LogP contribution in [-0.4, -0.2) is 19.1 Å². The van der Waals surface area contributed by atoms with Gasteiger partial charge in [-0.15, -0.1) is 0 Å². The number of rotatable bonds is 12. The van der Waals surface area contributed by atoms with Crippen molar-refractivity contribution in [3.8, 4) is 5.75 Å². The van der Waals surface area contributed by atoms with Crippen molar-refractivity contribution >= 4 is 5.91 Å².